The molecule has 0 saturated heterocycles. The fraction of sp³-hybridized carbons (Fsp3) is 0.167. The quantitative estimate of drug-likeness (QED) is 0.234. The molecule has 3 aromatic heterocycles. The standard InChI is InChI=1S/C30H25F3N6O/c1-4-25-24-14-26(35-16-27(24)39-29(38-25)37-22-11-9-18(3)34-15-22)23-13-21(10-8-17(23)2)36-28(40)19-6-5-7-20(12-19)30(31,32)33/h5-16H,4H2,1-3H3,(H,36,40)(H,37,38,39). The second kappa shape index (κ2) is 10.7. The Morgan fingerprint density at radius 2 is 1.70 bits per heavy atom. The lowest BCUT2D eigenvalue weighted by Gasteiger charge is -2.13. The van der Waals surface area contributed by atoms with Gasteiger partial charge in [-0.1, -0.05) is 19.1 Å². The Labute approximate surface area is 228 Å². The summed E-state index contributed by atoms with van der Waals surface area (Å²) in [5.74, 6) is -0.196. The van der Waals surface area contributed by atoms with E-state index in [0.717, 1.165) is 45.7 Å². The summed E-state index contributed by atoms with van der Waals surface area (Å²) in [7, 11) is 0. The van der Waals surface area contributed by atoms with Crippen molar-refractivity contribution in [1.29, 1.82) is 0 Å². The van der Waals surface area contributed by atoms with Crippen molar-refractivity contribution >= 4 is 34.1 Å². The van der Waals surface area contributed by atoms with E-state index in [1.807, 2.05) is 45.0 Å². The molecular formula is C30H25F3N6O. The number of rotatable bonds is 6. The maximum absolute atomic E-state index is 13.1. The molecule has 7 nitrogen and oxygen atoms in total. The van der Waals surface area contributed by atoms with Gasteiger partial charge in [0.05, 0.1) is 40.5 Å². The fourth-order valence-electron chi connectivity index (χ4n) is 4.25. The Morgan fingerprint density at radius 1 is 0.900 bits per heavy atom. The molecule has 0 aliphatic heterocycles. The highest BCUT2D eigenvalue weighted by Gasteiger charge is 2.31. The van der Waals surface area contributed by atoms with Crippen LogP contribution in [0.5, 0.6) is 0 Å². The van der Waals surface area contributed by atoms with Crippen LogP contribution in [0.4, 0.5) is 30.5 Å². The number of nitrogens with zero attached hydrogens (tertiary/aromatic N) is 4. The van der Waals surface area contributed by atoms with Crippen molar-refractivity contribution in [3.63, 3.8) is 0 Å². The van der Waals surface area contributed by atoms with Crippen LogP contribution in [0.2, 0.25) is 0 Å². The molecule has 1 amide bonds. The van der Waals surface area contributed by atoms with Gasteiger partial charge in [0.25, 0.3) is 5.91 Å². The molecule has 10 heteroatoms. The molecule has 2 N–H and O–H groups in total. The number of hydrogen-bond donors (Lipinski definition) is 2. The third-order valence-electron chi connectivity index (χ3n) is 6.39. The van der Waals surface area contributed by atoms with Crippen molar-refractivity contribution in [2.75, 3.05) is 10.6 Å². The van der Waals surface area contributed by atoms with Crippen LogP contribution < -0.4 is 10.6 Å². The van der Waals surface area contributed by atoms with Gasteiger partial charge in [0, 0.05) is 27.9 Å². The summed E-state index contributed by atoms with van der Waals surface area (Å²) in [6.45, 7) is 5.84. The molecule has 3 heterocycles. The molecule has 5 rings (SSSR count). The lowest BCUT2D eigenvalue weighted by atomic mass is 10.0. The Morgan fingerprint density at radius 3 is 2.42 bits per heavy atom. The van der Waals surface area contributed by atoms with E-state index in [9.17, 15) is 18.0 Å². The molecule has 0 atom stereocenters. The minimum absolute atomic E-state index is 0.0867. The average molecular weight is 543 g/mol. The second-order valence-corrected chi connectivity index (χ2v) is 9.31. The van der Waals surface area contributed by atoms with Gasteiger partial charge in [0.15, 0.2) is 0 Å². The number of aromatic nitrogens is 4. The Bertz CT molecular complexity index is 1720. The van der Waals surface area contributed by atoms with Gasteiger partial charge in [-0.15, -0.1) is 0 Å². The SMILES string of the molecule is CCc1nc(Nc2ccc(C)nc2)nc2cnc(-c3cc(NC(=O)c4cccc(C(F)(F)F)c4)ccc3C)cc12. The number of carbonyl (C=O) groups is 1. The van der Waals surface area contributed by atoms with Gasteiger partial charge in [-0.25, -0.2) is 9.97 Å². The maximum atomic E-state index is 13.1. The zero-order valence-electron chi connectivity index (χ0n) is 22.0. The molecule has 5 aromatic rings. The molecule has 0 aliphatic rings. The van der Waals surface area contributed by atoms with E-state index >= 15 is 0 Å². The molecule has 0 fully saturated rings. The number of benzene rings is 2. The summed E-state index contributed by atoms with van der Waals surface area (Å²) in [4.78, 5) is 31.0. The first-order valence-corrected chi connectivity index (χ1v) is 12.6. The molecule has 202 valence electrons. The highest BCUT2D eigenvalue weighted by Crippen LogP contribution is 2.31. The number of carbonyl (C=O) groups excluding carboxylic acids is 1. The Kier molecular flexibility index (Phi) is 7.17. The van der Waals surface area contributed by atoms with E-state index in [2.05, 4.69) is 25.6 Å². The lowest BCUT2D eigenvalue weighted by molar-refractivity contribution is -0.137. The Balaban J connectivity index is 1.44. The van der Waals surface area contributed by atoms with Crippen LogP contribution in [0, 0.1) is 13.8 Å². The number of fused-ring (bicyclic) bond motifs is 1. The molecule has 0 aliphatic carbocycles. The number of hydrogen-bond acceptors (Lipinski definition) is 6. The van der Waals surface area contributed by atoms with Crippen LogP contribution in [0.15, 0.2) is 73.1 Å². The topological polar surface area (TPSA) is 92.7 Å². The summed E-state index contributed by atoms with van der Waals surface area (Å²) >= 11 is 0. The van der Waals surface area contributed by atoms with Crippen LogP contribution in [0.25, 0.3) is 22.2 Å². The summed E-state index contributed by atoms with van der Waals surface area (Å²) in [5.41, 5.74) is 4.98. The van der Waals surface area contributed by atoms with Gasteiger partial charge in [0.2, 0.25) is 5.95 Å². The number of halogens is 3. The first-order valence-electron chi connectivity index (χ1n) is 12.6. The molecule has 0 saturated carbocycles. The first kappa shape index (κ1) is 26.7. The number of pyridine rings is 2. The van der Waals surface area contributed by atoms with E-state index in [1.165, 1.54) is 12.1 Å². The fourth-order valence-corrected chi connectivity index (χ4v) is 4.25. The summed E-state index contributed by atoms with van der Waals surface area (Å²) in [6, 6.07) is 15.3. The molecule has 40 heavy (non-hydrogen) atoms. The predicted octanol–water partition coefficient (Wildman–Crippen LogP) is 7.28. The zero-order chi connectivity index (χ0) is 28.4. The van der Waals surface area contributed by atoms with E-state index in [0.29, 0.717) is 29.3 Å². The lowest BCUT2D eigenvalue weighted by Crippen LogP contribution is -2.14. The minimum Gasteiger partial charge on any atom is -0.323 e. The maximum Gasteiger partial charge on any atom is 0.416 e. The summed E-state index contributed by atoms with van der Waals surface area (Å²) in [5, 5.41) is 6.73. The molecule has 0 spiro atoms. The summed E-state index contributed by atoms with van der Waals surface area (Å²) in [6.07, 6.45) is -0.477. The van der Waals surface area contributed by atoms with Gasteiger partial charge in [0.1, 0.15) is 0 Å². The number of anilines is 3. The highest BCUT2D eigenvalue weighted by atomic mass is 19.4. The molecule has 2 aromatic carbocycles. The largest absolute Gasteiger partial charge is 0.416 e. The van der Waals surface area contributed by atoms with Gasteiger partial charge in [-0.05, 0) is 74.4 Å². The normalized spacial score (nSPS) is 11.4. The van der Waals surface area contributed by atoms with Crippen LogP contribution in [0.3, 0.4) is 0 Å². The van der Waals surface area contributed by atoms with Crippen molar-refractivity contribution in [3.8, 4) is 11.3 Å². The van der Waals surface area contributed by atoms with Crippen LogP contribution in [0.1, 0.15) is 39.8 Å². The van der Waals surface area contributed by atoms with Crippen molar-refractivity contribution in [1.82, 2.24) is 19.9 Å². The van der Waals surface area contributed by atoms with E-state index in [4.69, 9.17) is 4.98 Å². The third-order valence-corrected chi connectivity index (χ3v) is 6.39. The smallest absolute Gasteiger partial charge is 0.323 e. The predicted molar refractivity (Wildman–Crippen MR) is 149 cm³/mol. The molecule has 0 unspecified atom stereocenters. The van der Waals surface area contributed by atoms with Gasteiger partial charge in [-0.2, -0.15) is 13.2 Å². The Hall–Kier alpha value is -4.86. The number of amides is 1. The van der Waals surface area contributed by atoms with E-state index in [1.54, 1.807) is 24.5 Å². The third kappa shape index (κ3) is 5.75. The first-order chi connectivity index (χ1) is 19.1. The number of aryl methyl sites for hydroxylation is 3. The molecular weight excluding hydrogens is 517 g/mol. The zero-order valence-corrected chi connectivity index (χ0v) is 22.0. The number of nitrogens with one attached hydrogen (secondary N) is 2. The van der Waals surface area contributed by atoms with Crippen molar-refractivity contribution in [3.05, 3.63) is 101 Å². The second-order valence-electron chi connectivity index (χ2n) is 9.31. The van der Waals surface area contributed by atoms with E-state index in [-0.39, 0.29) is 5.56 Å². The monoisotopic (exact) mass is 542 g/mol. The highest BCUT2D eigenvalue weighted by molar-refractivity contribution is 6.04. The van der Waals surface area contributed by atoms with Gasteiger partial charge in [-0.3, -0.25) is 14.8 Å². The average Bonchev–Trinajstić information content (AvgIpc) is 2.94. The summed E-state index contributed by atoms with van der Waals surface area (Å²) < 4.78 is 39.3. The van der Waals surface area contributed by atoms with Crippen LogP contribution in [-0.2, 0) is 12.6 Å². The number of alkyl halides is 3. The van der Waals surface area contributed by atoms with Crippen molar-refractivity contribution in [2.24, 2.45) is 0 Å². The molecule has 0 bridgehead atoms. The van der Waals surface area contributed by atoms with E-state index < -0.39 is 17.6 Å². The van der Waals surface area contributed by atoms with Gasteiger partial charge < -0.3 is 10.6 Å². The van der Waals surface area contributed by atoms with Gasteiger partial charge >= 0.3 is 6.18 Å². The minimum atomic E-state index is -4.54. The van der Waals surface area contributed by atoms with Crippen LogP contribution >= 0.6 is 0 Å². The molecule has 0 radical (unpaired) electrons. The van der Waals surface area contributed by atoms with Crippen LogP contribution in [-0.4, -0.2) is 25.8 Å². The van der Waals surface area contributed by atoms with Crippen molar-refractivity contribution < 1.29 is 18.0 Å². The van der Waals surface area contributed by atoms with Crippen molar-refractivity contribution in [2.45, 2.75) is 33.4 Å².